The predicted molar refractivity (Wildman–Crippen MR) is 69.4 cm³/mol. The molecule has 0 radical (unpaired) electrons. The SMILES string of the molecule is NCC1(CNC(=O)c2ccc(=O)[nH]c2)CCCC1. The van der Waals surface area contributed by atoms with E-state index in [1.165, 1.54) is 31.2 Å². The molecule has 1 aliphatic rings. The van der Waals surface area contributed by atoms with Gasteiger partial charge in [0, 0.05) is 18.8 Å². The summed E-state index contributed by atoms with van der Waals surface area (Å²) in [4.78, 5) is 25.3. The summed E-state index contributed by atoms with van der Waals surface area (Å²) < 4.78 is 0. The maximum absolute atomic E-state index is 11.9. The summed E-state index contributed by atoms with van der Waals surface area (Å²) in [6.07, 6.45) is 5.96. The van der Waals surface area contributed by atoms with Crippen molar-refractivity contribution < 1.29 is 4.79 Å². The van der Waals surface area contributed by atoms with Crippen molar-refractivity contribution in [2.45, 2.75) is 25.7 Å². The van der Waals surface area contributed by atoms with Gasteiger partial charge < -0.3 is 16.0 Å². The van der Waals surface area contributed by atoms with Gasteiger partial charge in [0.1, 0.15) is 0 Å². The Kier molecular flexibility index (Phi) is 3.81. The van der Waals surface area contributed by atoms with Crippen molar-refractivity contribution in [2.24, 2.45) is 11.1 Å². The number of H-pyrrole nitrogens is 1. The second-order valence-corrected chi connectivity index (χ2v) is 5.04. The van der Waals surface area contributed by atoms with Crippen molar-refractivity contribution >= 4 is 5.91 Å². The van der Waals surface area contributed by atoms with E-state index in [1.807, 2.05) is 0 Å². The van der Waals surface area contributed by atoms with Crippen molar-refractivity contribution in [3.63, 3.8) is 0 Å². The lowest BCUT2D eigenvalue weighted by Gasteiger charge is -2.27. The number of nitrogens with one attached hydrogen (secondary N) is 2. The molecular weight excluding hydrogens is 230 g/mol. The fourth-order valence-electron chi connectivity index (χ4n) is 2.50. The van der Waals surface area contributed by atoms with Crippen LogP contribution in [0.1, 0.15) is 36.0 Å². The molecule has 1 heterocycles. The molecule has 0 bridgehead atoms. The zero-order chi connectivity index (χ0) is 13.0. The highest BCUT2D eigenvalue weighted by atomic mass is 16.1. The van der Waals surface area contributed by atoms with Crippen molar-refractivity contribution in [1.29, 1.82) is 0 Å². The fraction of sp³-hybridized carbons (Fsp3) is 0.538. The van der Waals surface area contributed by atoms with Gasteiger partial charge in [-0.15, -0.1) is 0 Å². The zero-order valence-corrected chi connectivity index (χ0v) is 10.4. The van der Waals surface area contributed by atoms with Crippen LogP contribution in [0.2, 0.25) is 0 Å². The molecule has 5 heteroatoms. The van der Waals surface area contributed by atoms with Crippen molar-refractivity contribution in [2.75, 3.05) is 13.1 Å². The lowest BCUT2D eigenvalue weighted by Crippen LogP contribution is -2.40. The summed E-state index contributed by atoms with van der Waals surface area (Å²) in [6, 6.07) is 2.88. The van der Waals surface area contributed by atoms with Crippen LogP contribution >= 0.6 is 0 Å². The van der Waals surface area contributed by atoms with E-state index in [2.05, 4.69) is 10.3 Å². The normalized spacial score (nSPS) is 17.6. The molecule has 0 unspecified atom stereocenters. The Bertz CT molecular complexity index is 455. The molecule has 0 aliphatic heterocycles. The second kappa shape index (κ2) is 5.35. The minimum absolute atomic E-state index is 0.0673. The molecular formula is C13H19N3O2. The molecule has 2 rings (SSSR count). The Labute approximate surface area is 106 Å². The molecule has 98 valence electrons. The van der Waals surface area contributed by atoms with Gasteiger partial charge in [-0.05, 0) is 30.9 Å². The first-order valence-corrected chi connectivity index (χ1v) is 6.32. The summed E-state index contributed by atoms with van der Waals surface area (Å²) in [5.74, 6) is -0.161. The maximum Gasteiger partial charge on any atom is 0.252 e. The van der Waals surface area contributed by atoms with Gasteiger partial charge in [-0.25, -0.2) is 0 Å². The summed E-state index contributed by atoms with van der Waals surface area (Å²) in [5.41, 5.74) is 6.15. The van der Waals surface area contributed by atoms with Gasteiger partial charge in [0.25, 0.3) is 5.91 Å². The monoisotopic (exact) mass is 249 g/mol. The molecule has 0 atom stereocenters. The van der Waals surface area contributed by atoms with E-state index in [0.717, 1.165) is 12.8 Å². The van der Waals surface area contributed by atoms with Crippen LogP contribution in [-0.4, -0.2) is 24.0 Å². The molecule has 4 N–H and O–H groups in total. The van der Waals surface area contributed by atoms with Crippen LogP contribution in [-0.2, 0) is 0 Å². The number of aromatic amines is 1. The largest absolute Gasteiger partial charge is 0.351 e. The first-order chi connectivity index (χ1) is 8.65. The number of carbonyl (C=O) groups excluding carboxylic acids is 1. The molecule has 5 nitrogen and oxygen atoms in total. The first kappa shape index (κ1) is 12.8. The van der Waals surface area contributed by atoms with E-state index in [-0.39, 0.29) is 16.9 Å². The lowest BCUT2D eigenvalue weighted by molar-refractivity contribution is 0.0931. The fourth-order valence-corrected chi connectivity index (χ4v) is 2.50. The topological polar surface area (TPSA) is 88.0 Å². The molecule has 1 fully saturated rings. The van der Waals surface area contributed by atoms with Gasteiger partial charge in [0.15, 0.2) is 0 Å². The highest BCUT2D eigenvalue weighted by molar-refractivity contribution is 5.93. The third kappa shape index (κ3) is 2.79. The van der Waals surface area contributed by atoms with Gasteiger partial charge in [-0.1, -0.05) is 12.8 Å². The quantitative estimate of drug-likeness (QED) is 0.731. The van der Waals surface area contributed by atoms with E-state index in [4.69, 9.17) is 5.73 Å². The Morgan fingerprint density at radius 2 is 2.11 bits per heavy atom. The number of amides is 1. The van der Waals surface area contributed by atoms with Crippen LogP contribution in [0, 0.1) is 5.41 Å². The number of rotatable bonds is 4. The van der Waals surface area contributed by atoms with Gasteiger partial charge in [0.2, 0.25) is 5.56 Å². The Balaban J connectivity index is 1.95. The molecule has 1 aromatic heterocycles. The third-order valence-electron chi connectivity index (χ3n) is 3.77. The van der Waals surface area contributed by atoms with Crippen LogP contribution in [0.5, 0.6) is 0 Å². The number of pyridine rings is 1. The van der Waals surface area contributed by atoms with Crippen LogP contribution in [0.15, 0.2) is 23.1 Å². The molecule has 0 spiro atoms. The van der Waals surface area contributed by atoms with Gasteiger partial charge in [0.05, 0.1) is 5.56 Å². The average Bonchev–Trinajstić information content (AvgIpc) is 2.86. The average molecular weight is 249 g/mol. The Morgan fingerprint density at radius 1 is 1.39 bits per heavy atom. The van der Waals surface area contributed by atoms with E-state index < -0.39 is 0 Å². The maximum atomic E-state index is 11.9. The van der Waals surface area contributed by atoms with E-state index in [1.54, 1.807) is 0 Å². The van der Waals surface area contributed by atoms with Crippen molar-refractivity contribution in [1.82, 2.24) is 10.3 Å². The highest BCUT2D eigenvalue weighted by Gasteiger charge is 2.32. The first-order valence-electron chi connectivity index (χ1n) is 6.32. The molecule has 0 aromatic carbocycles. The molecule has 18 heavy (non-hydrogen) atoms. The van der Waals surface area contributed by atoms with E-state index in [9.17, 15) is 9.59 Å². The number of nitrogens with two attached hydrogens (primary N) is 1. The molecule has 1 aromatic rings. The number of hydrogen-bond acceptors (Lipinski definition) is 3. The summed E-state index contributed by atoms with van der Waals surface area (Å²) in [7, 11) is 0. The number of carbonyl (C=O) groups is 1. The lowest BCUT2D eigenvalue weighted by atomic mass is 9.86. The standard InChI is InChI=1S/C13H19N3O2/c14-8-13(5-1-2-6-13)9-16-12(18)10-3-4-11(17)15-7-10/h3-4,7H,1-2,5-6,8-9,14H2,(H,15,17)(H,16,18). The van der Waals surface area contributed by atoms with Crippen molar-refractivity contribution in [3.05, 3.63) is 34.2 Å². The van der Waals surface area contributed by atoms with Crippen LogP contribution < -0.4 is 16.6 Å². The summed E-state index contributed by atoms with van der Waals surface area (Å²) in [5, 5.41) is 2.91. The number of aromatic nitrogens is 1. The summed E-state index contributed by atoms with van der Waals surface area (Å²) >= 11 is 0. The number of hydrogen-bond donors (Lipinski definition) is 3. The molecule has 1 amide bonds. The predicted octanol–water partition coefficient (Wildman–Crippen LogP) is 0.624. The molecule has 1 aliphatic carbocycles. The van der Waals surface area contributed by atoms with Crippen LogP contribution in [0.25, 0.3) is 0 Å². The van der Waals surface area contributed by atoms with E-state index in [0.29, 0.717) is 18.7 Å². The van der Waals surface area contributed by atoms with Gasteiger partial charge >= 0.3 is 0 Å². The van der Waals surface area contributed by atoms with Crippen LogP contribution in [0.4, 0.5) is 0 Å². The van der Waals surface area contributed by atoms with Crippen molar-refractivity contribution in [3.8, 4) is 0 Å². The zero-order valence-electron chi connectivity index (χ0n) is 10.4. The third-order valence-corrected chi connectivity index (χ3v) is 3.77. The summed E-state index contributed by atoms with van der Waals surface area (Å²) in [6.45, 7) is 1.22. The minimum atomic E-state index is -0.208. The Hall–Kier alpha value is -1.62. The Morgan fingerprint density at radius 3 is 2.67 bits per heavy atom. The van der Waals surface area contributed by atoms with Crippen LogP contribution in [0.3, 0.4) is 0 Å². The molecule has 1 saturated carbocycles. The molecule has 0 saturated heterocycles. The van der Waals surface area contributed by atoms with Gasteiger partial charge in [-0.2, -0.15) is 0 Å². The van der Waals surface area contributed by atoms with Gasteiger partial charge in [-0.3, -0.25) is 9.59 Å². The minimum Gasteiger partial charge on any atom is -0.351 e. The highest BCUT2D eigenvalue weighted by Crippen LogP contribution is 2.36. The van der Waals surface area contributed by atoms with E-state index >= 15 is 0 Å². The second-order valence-electron chi connectivity index (χ2n) is 5.04. The smallest absolute Gasteiger partial charge is 0.252 e.